The summed E-state index contributed by atoms with van der Waals surface area (Å²) in [6.07, 6.45) is -0.187. The third-order valence-corrected chi connectivity index (χ3v) is 6.32. The number of rotatable bonds is 7. The first-order valence-corrected chi connectivity index (χ1v) is 9.47. The van der Waals surface area contributed by atoms with Crippen molar-refractivity contribution in [3.8, 4) is 5.75 Å². The van der Waals surface area contributed by atoms with E-state index in [2.05, 4.69) is 4.74 Å². The van der Waals surface area contributed by atoms with E-state index in [0.717, 1.165) is 0 Å². The number of sulfone groups is 1. The second-order valence-electron chi connectivity index (χ2n) is 5.70. The molecule has 1 aliphatic heterocycles. The van der Waals surface area contributed by atoms with Crippen molar-refractivity contribution in [3.05, 3.63) is 24.3 Å². The van der Waals surface area contributed by atoms with Gasteiger partial charge in [0.25, 0.3) is 0 Å². The lowest BCUT2D eigenvalue weighted by atomic mass is 10.2. The van der Waals surface area contributed by atoms with E-state index in [9.17, 15) is 13.2 Å². The summed E-state index contributed by atoms with van der Waals surface area (Å²) in [5.74, 6) is 0.0106. The number of carbonyl (C=O) groups excluding carboxylic acids is 1. The largest absolute Gasteiger partial charge is 0.497 e. The molecule has 140 valence electrons. The second kappa shape index (κ2) is 8.61. The molecule has 1 aromatic carbocycles. The molecule has 2 atom stereocenters. The minimum Gasteiger partial charge on any atom is -0.497 e. The molecule has 1 saturated heterocycles. The summed E-state index contributed by atoms with van der Waals surface area (Å²) in [6.45, 7) is 1.68. The van der Waals surface area contributed by atoms with Gasteiger partial charge >= 0.3 is 5.97 Å². The highest BCUT2D eigenvalue weighted by molar-refractivity contribution is 7.92. The lowest BCUT2D eigenvalue weighted by Crippen LogP contribution is -2.56. The first-order chi connectivity index (χ1) is 11.9. The van der Waals surface area contributed by atoms with Gasteiger partial charge in [0.15, 0.2) is 9.84 Å². The normalized spacial score (nSPS) is 18.4. The van der Waals surface area contributed by atoms with Crippen LogP contribution in [0.2, 0.25) is 0 Å². The van der Waals surface area contributed by atoms with Crippen LogP contribution >= 0.6 is 0 Å². The summed E-state index contributed by atoms with van der Waals surface area (Å²) in [4.78, 5) is 13.5. The molecule has 1 fully saturated rings. The standard InChI is InChI=1S/C16H24N2O6S/c1-22-12-3-5-13(6-4-12)25(20,21)16(14(17)11-15(19)23-2)18-7-9-24-10-8-18/h3-6,14,16H,7-11,17H2,1-2H3. The molecule has 2 rings (SSSR count). The van der Waals surface area contributed by atoms with Gasteiger partial charge in [-0.15, -0.1) is 0 Å². The summed E-state index contributed by atoms with van der Waals surface area (Å²) in [6, 6.07) is 5.20. The number of methoxy groups -OCH3 is 2. The first-order valence-electron chi connectivity index (χ1n) is 7.92. The van der Waals surface area contributed by atoms with Crippen LogP contribution in [0.4, 0.5) is 0 Å². The number of esters is 1. The van der Waals surface area contributed by atoms with E-state index < -0.39 is 27.2 Å². The van der Waals surface area contributed by atoms with Crippen LogP contribution in [0, 0.1) is 0 Å². The Bertz CT molecular complexity index is 670. The molecule has 0 amide bonds. The summed E-state index contributed by atoms with van der Waals surface area (Å²) < 4.78 is 41.4. The van der Waals surface area contributed by atoms with Crippen LogP contribution in [0.25, 0.3) is 0 Å². The number of nitrogens with two attached hydrogens (primary N) is 1. The van der Waals surface area contributed by atoms with E-state index in [4.69, 9.17) is 15.2 Å². The van der Waals surface area contributed by atoms with Crippen molar-refractivity contribution in [1.82, 2.24) is 4.90 Å². The van der Waals surface area contributed by atoms with E-state index in [0.29, 0.717) is 32.1 Å². The van der Waals surface area contributed by atoms with Crippen LogP contribution in [-0.4, -0.2) is 71.2 Å². The second-order valence-corrected chi connectivity index (χ2v) is 7.75. The molecule has 1 aliphatic rings. The number of benzene rings is 1. The third-order valence-electron chi connectivity index (χ3n) is 4.11. The number of carbonyl (C=O) groups is 1. The molecule has 1 aromatic rings. The van der Waals surface area contributed by atoms with Crippen LogP contribution in [0.3, 0.4) is 0 Å². The molecule has 9 heteroatoms. The lowest BCUT2D eigenvalue weighted by Gasteiger charge is -2.36. The Hall–Kier alpha value is -1.68. The summed E-state index contributed by atoms with van der Waals surface area (Å²) in [5.41, 5.74) is 6.12. The Labute approximate surface area is 147 Å². The van der Waals surface area contributed by atoms with Crippen molar-refractivity contribution in [1.29, 1.82) is 0 Å². The fourth-order valence-electron chi connectivity index (χ4n) is 2.81. The van der Waals surface area contributed by atoms with Crippen LogP contribution in [-0.2, 0) is 24.1 Å². The predicted octanol–water partition coefficient (Wildman–Crippen LogP) is 0.0176. The van der Waals surface area contributed by atoms with Gasteiger partial charge in [-0.2, -0.15) is 0 Å². The summed E-state index contributed by atoms with van der Waals surface area (Å²) in [7, 11) is -1.04. The lowest BCUT2D eigenvalue weighted by molar-refractivity contribution is -0.141. The maximum atomic E-state index is 13.2. The Morgan fingerprint density at radius 2 is 1.84 bits per heavy atom. The smallest absolute Gasteiger partial charge is 0.307 e. The number of ether oxygens (including phenoxy) is 3. The number of morpholine rings is 1. The topological polar surface area (TPSA) is 108 Å². The summed E-state index contributed by atoms with van der Waals surface area (Å²) in [5, 5.41) is -1.04. The van der Waals surface area contributed by atoms with E-state index in [1.807, 2.05) is 0 Å². The minimum atomic E-state index is -3.80. The van der Waals surface area contributed by atoms with Crippen molar-refractivity contribution in [2.24, 2.45) is 5.73 Å². The van der Waals surface area contributed by atoms with Gasteiger partial charge in [-0.3, -0.25) is 9.69 Å². The molecule has 8 nitrogen and oxygen atoms in total. The van der Waals surface area contributed by atoms with Crippen molar-refractivity contribution in [3.63, 3.8) is 0 Å². The Kier molecular flexibility index (Phi) is 6.77. The highest BCUT2D eigenvalue weighted by Gasteiger charge is 2.39. The van der Waals surface area contributed by atoms with Gasteiger partial charge in [-0.25, -0.2) is 8.42 Å². The Morgan fingerprint density at radius 1 is 1.24 bits per heavy atom. The van der Waals surface area contributed by atoms with Gasteiger partial charge in [-0.05, 0) is 24.3 Å². The predicted molar refractivity (Wildman–Crippen MR) is 91.0 cm³/mol. The molecule has 2 unspecified atom stereocenters. The number of hydrogen-bond donors (Lipinski definition) is 1. The van der Waals surface area contributed by atoms with E-state index >= 15 is 0 Å². The zero-order valence-corrected chi connectivity index (χ0v) is 15.2. The fraction of sp³-hybridized carbons (Fsp3) is 0.562. The molecule has 0 aliphatic carbocycles. The highest BCUT2D eigenvalue weighted by atomic mass is 32.2. The third kappa shape index (κ3) is 4.69. The molecular weight excluding hydrogens is 348 g/mol. The van der Waals surface area contributed by atoms with Crippen LogP contribution in [0.15, 0.2) is 29.2 Å². The Balaban J connectivity index is 2.35. The maximum absolute atomic E-state index is 13.2. The maximum Gasteiger partial charge on any atom is 0.307 e. The number of hydrogen-bond acceptors (Lipinski definition) is 8. The highest BCUT2D eigenvalue weighted by Crippen LogP contribution is 2.25. The van der Waals surface area contributed by atoms with Crippen LogP contribution in [0.5, 0.6) is 5.75 Å². The summed E-state index contributed by atoms with van der Waals surface area (Å²) >= 11 is 0. The monoisotopic (exact) mass is 372 g/mol. The van der Waals surface area contributed by atoms with Crippen molar-refractivity contribution < 1.29 is 27.4 Å². The van der Waals surface area contributed by atoms with Crippen molar-refractivity contribution >= 4 is 15.8 Å². The van der Waals surface area contributed by atoms with Crippen LogP contribution < -0.4 is 10.5 Å². The quantitative estimate of drug-likeness (QED) is 0.667. The minimum absolute atomic E-state index is 0.130. The molecule has 0 bridgehead atoms. The van der Waals surface area contributed by atoms with E-state index in [-0.39, 0.29) is 11.3 Å². The molecule has 0 saturated carbocycles. The first kappa shape index (κ1) is 19.6. The van der Waals surface area contributed by atoms with Gasteiger partial charge in [0.05, 0.1) is 38.7 Å². The molecule has 2 N–H and O–H groups in total. The van der Waals surface area contributed by atoms with E-state index in [1.165, 1.54) is 26.4 Å². The fourth-order valence-corrected chi connectivity index (χ4v) is 4.76. The molecule has 25 heavy (non-hydrogen) atoms. The van der Waals surface area contributed by atoms with E-state index in [1.54, 1.807) is 17.0 Å². The Morgan fingerprint density at radius 3 is 2.36 bits per heavy atom. The molecule has 0 aromatic heterocycles. The molecule has 1 heterocycles. The van der Waals surface area contributed by atoms with Gasteiger partial charge < -0.3 is 19.9 Å². The van der Waals surface area contributed by atoms with Crippen molar-refractivity contribution in [2.45, 2.75) is 22.7 Å². The van der Waals surface area contributed by atoms with Gasteiger partial charge in [0, 0.05) is 19.1 Å². The zero-order valence-electron chi connectivity index (χ0n) is 14.4. The number of nitrogens with zero attached hydrogens (tertiary/aromatic N) is 1. The molecule has 0 radical (unpaired) electrons. The zero-order chi connectivity index (χ0) is 18.4. The SMILES string of the molecule is COC(=O)CC(N)C(N1CCOCC1)S(=O)(=O)c1ccc(OC)cc1. The molecular formula is C16H24N2O6S. The average Bonchev–Trinajstić information content (AvgIpc) is 2.62. The van der Waals surface area contributed by atoms with Crippen molar-refractivity contribution in [2.75, 3.05) is 40.5 Å². The van der Waals surface area contributed by atoms with Gasteiger partial charge in [0.1, 0.15) is 11.1 Å². The molecule has 0 spiro atoms. The van der Waals surface area contributed by atoms with Gasteiger partial charge in [-0.1, -0.05) is 0 Å². The average molecular weight is 372 g/mol. The van der Waals surface area contributed by atoms with Gasteiger partial charge in [0.2, 0.25) is 0 Å². The van der Waals surface area contributed by atoms with Crippen LogP contribution in [0.1, 0.15) is 6.42 Å².